The fourth-order valence-electron chi connectivity index (χ4n) is 4.03. The summed E-state index contributed by atoms with van der Waals surface area (Å²) >= 11 is 0. The standard InChI is InChI=1S/C24H28N4O5/c25-22(26)18-6-8-19(9-7-18)28-15-21(32-23(28)29)14-27-12-10-20(11-13-27)33-24(30)31-16-17-4-2-1-3-5-17/h1-9,20-21H,10-16H2,(H3,25,26). The first-order valence-corrected chi connectivity index (χ1v) is 11.0. The van der Waals surface area contributed by atoms with E-state index >= 15 is 0 Å². The molecule has 0 bridgehead atoms. The number of nitrogen functional groups attached to an aromatic ring is 1. The van der Waals surface area contributed by atoms with Crippen molar-refractivity contribution in [3.05, 3.63) is 65.7 Å². The van der Waals surface area contributed by atoms with Gasteiger partial charge in [-0.1, -0.05) is 30.3 Å². The average Bonchev–Trinajstić information content (AvgIpc) is 3.19. The Bertz CT molecular complexity index is 974. The number of hydrogen-bond acceptors (Lipinski definition) is 7. The third-order valence-electron chi connectivity index (χ3n) is 5.82. The molecule has 9 nitrogen and oxygen atoms in total. The number of carbonyl (C=O) groups excluding carboxylic acids is 2. The first-order chi connectivity index (χ1) is 16.0. The number of hydrogen-bond donors (Lipinski definition) is 2. The van der Waals surface area contributed by atoms with Crippen molar-refractivity contribution in [2.75, 3.05) is 31.1 Å². The largest absolute Gasteiger partial charge is 0.508 e. The van der Waals surface area contributed by atoms with Crippen molar-refractivity contribution in [3.8, 4) is 0 Å². The molecule has 2 aliphatic heterocycles. The summed E-state index contributed by atoms with van der Waals surface area (Å²) in [5.74, 6) is -0.0136. The van der Waals surface area contributed by atoms with Gasteiger partial charge in [0.1, 0.15) is 24.7 Å². The van der Waals surface area contributed by atoms with Crippen molar-refractivity contribution in [1.82, 2.24) is 4.90 Å². The van der Waals surface area contributed by atoms with Crippen LogP contribution in [-0.2, 0) is 20.8 Å². The van der Waals surface area contributed by atoms with Gasteiger partial charge in [0, 0.05) is 30.9 Å². The maximum Gasteiger partial charge on any atom is 0.508 e. The molecule has 0 saturated carbocycles. The molecule has 1 amide bonds. The highest BCUT2D eigenvalue weighted by atomic mass is 16.7. The summed E-state index contributed by atoms with van der Waals surface area (Å²) in [6, 6.07) is 16.4. The summed E-state index contributed by atoms with van der Waals surface area (Å²) in [5.41, 5.74) is 7.72. The van der Waals surface area contributed by atoms with E-state index in [-0.39, 0.29) is 30.7 Å². The molecule has 1 atom stereocenters. The SMILES string of the molecule is N=C(N)c1ccc(N2CC(CN3CCC(OC(=O)OCc4ccccc4)CC3)OC2=O)cc1. The number of piperidine rings is 1. The lowest BCUT2D eigenvalue weighted by Gasteiger charge is -2.32. The molecule has 33 heavy (non-hydrogen) atoms. The lowest BCUT2D eigenvalue weighted by Crippen LogP contribution is -2.42. The van der Waals surface area contributed by atoms with Crippen molar-refractivity contribution < 1.29 is 23.8 Å². The molecule has 2 aromatic carbocycles. The Kier molecular flexibility index (Phi) is 7.09. The normalized spacial score (nSPS) is 19.2. The second-order valence-electron chi connectivity index (χ2n) is 8.22. The van der Waals surface area contributed by atoms with E-state index in [1.54, 1.807) is 29.2 Å². The average molecular weight is 453 g/mol. The molecule has 0 radical (unpaired) electrons. The van der Waals surface area contributed by atoms with Crippen LogP contribution < -0.4 is 10.6 Å². The number of anilines is 1. The maximum absolute atomic E-state index is 12.3. The summed E-state index contributed by atoms with van der Waals surface area (Å²) in [5, 5.41) is 7.47. The first-order valence-electron chi connectivity index (χ1n) is 11.0. The molecule has 2 aromatic rings. The molecule has 9 heteroatoms. The van der Waals surface area contributed by atoms with E-state index in [4.69, 9.17) is 25.4 Å². The van der Waals surface area contributed by atoms with Gasteiger partial charge in [-0.15, -0.1) is 0 Å². The van der Waals surface area contributed by atoms with Crippen LogP contribution in [0.4, 0.5) is 15.3 Å². The minimum Gasteiger partial charge on any atom is -0.443 e. The predicted molar refractivity (Wildman–Crippen MR) is 122 cm³/mol. The molecule has 3 N–H and O–H groups in total. The molecular weight excluding hydrogens is 424 g/mol. The Morgan fingerprint density at radius 2 is 1.79 bits per heavy atom. The Balaban J connectivity index is 1.19. The molecule has 174 valence electrons. The van der Waals surface area contributed by atoms with Crippen LogP contribution >= 0.6 is 0 Å². The third-order valence-corrected chi connectivity index (χ3v) is 5.82. The maximum atomic E-state index is 12.3. The lowest BCUT2D eigenvalue weighted by atomic mass is 10.1. The molecule has 4 rings (SSSR count). The molecule has 1 unspecified atom stereocenters. The molecule has 2 aliphatic rings. The number of carbonyl (C=O) groups is 2. The molecule has 2 fully saturated rings. The molecule has 0 spiro atoms. The van der Waals surface area contributed by atoms with Gasteiger partial charge in [-0.3, -0.25) is 15.2 Å². The van der Waals surface area contributed by atoms with Gasteiger partial charge in [0.2, 0.25) is 0 Å². The van der Waals surface area contributed by atoms with Gasteiger partial charge >= 0.3 is 12.2 Å². The Morgan fingerprint density at radius 3 is 2.45 bits per heavy atom. The lowest BCUT2D eigenvalue weighted by molar-refractivity contribution is -0.00783. The van der Waals surface area contributed by atoms with E-state index in [9.17, 15) is 9.59 Å². The highest BCUT2D eigenvalue weighted by Gasteiger charge is 2.34. The molecule has 2 saturated heterocycles. The zero-order chi connectivity index (χ0) is 23.2. The fourth-order valence-corrected chi connectivity index (χ4v) is 4.03. The van der Waals surface area contributed by atoms with E-state index in [1.807, 2.05) is 30.3 Å². The van der Waals surface area contributed by atoms with Crippen LogP contribution in [0.25, 0.3) is 0 Å². The van der Waals surface area contributed by atoms with E-state index in [1.165, 1.54) is 0 Å². The number of nitrogens with one attached hydrogen (secondary N) is 1. The second kappa shape index (κ2) is 10.4. The van der Waals surface area contributed by atoms with Gasteiger partial charge in [0.15, 0.2) is 0 Å². The van der Waals surface area contributed by atoms with E-state index in [0.717, 1.165) is 18.7 Å². The molecule has 0 aliphatic carbocycles. The first kappa shape index (κ1) is 22.6. The summed E-state index contributed by atoms with van der Waals surface area (Å²) < 4.78 is 16.2. The van der Waals surface area contributed by atoms with Crippen molar-refractivity contribution >= 4 is 23.8 Å². The van der Waals surface area contributed by atoms with Crippen LogP contribution in [-0.4, -0.2) is 61.4 Å². The van der Waals surface area contributed by atoms with Crippen molar-refractivity contribution in [1.29, 1.82) is 5.41 Å². The molecule has 2 heterocycles. The fraction of sp³-hybridized carbons (Fsp3) is 0.375. The number of nitrogens with two attached hydrogens (primary N) is 1. The van der Waals surface area contributed by atoms with Gasteiger partial charge in [0.25, 0.3) is 0 Å². The number of amidine groups is 1. The quantitative estimate of drug-likeness (QED) is 0.376. The Hall–Kier alpha value is -3.59. The molecular formula is C24H28N4O5. The zero-order valence-electron chi connectivity index (χ0n) is 18.3. The van der Waals surface area contributed by atoms with Crippen LogP contribution in [0, 0.1) is 5.41 Å². The Morgan fingerprint density at radius 1 is 1.09 bits per heavy atom. The van der Waals surface area contributed by atoms with E-state index < -0.39 is 6.16 Å². The smallest absolute Gasteiger partial charge is 0.443 e. The van der Waals surface area contributed by atoms with Crippen LogP contribution in [0.1, 0.15) is 24.0 Å². The minimum atomic E-state index is -0.645. The van der Waals surface area contributed by atoms with Crippen LogP contribution in [0.15, 0.2) is 54.6 Å². The van der Waals surface area contributed by atoms with Gasteiger partial charge in [-0.2, -0.15) is 0 Å². The predicted octanol–water partition coefficient (Wildman–Crippen LogP) is 3.11. The number of rotatable bonds is 7. The number of amides is 1. The number of likely N-dealkylation sites (tertiary alicyclic amines) is 1. The minimum absolute atomic E-state index is 0.0136. The van der Waals surface area contributed by atoms with Gasteiger partial charge in [-0.05, 0) is 42.7 Å². The Labute approximate surface area is 192 Å². The van der Waals surface area contributed by atoms with Crippen molar-refractivity contribution in [3.63, 3.8) is 0 Å². The number of nitrogens with zero attached hydrogens (tertiary/aromatic N) is 2. The summed E-state index contributed by atoms with van der Waals surface area (Å²) in [6.45, 7) is 2.77. The number of cyclic esters (lactones) is 1. The summed E-state index contributed by atoms with van der Waals surface area (Å²) in [7, 11) is 0. The van der Waals surface area contributed by atoms with E-state index in [0.29, 0.717) is 37.2 Å². The van der Waals surface area contributed by atoms with Gasteiger partial charge in [-0.25, -0.2) is 9.59 Å². The monoisotopic (exact) mass is 452 g/mol. The summed E-state index contributed by atoms with van der Waals surface area (Å²) in [4.78, 5) is 28.1. The second-order valence-corrected chi connectivity index (χ2v) is 8.22. The van der Waals surface area contributed by atoms with Crippen LogP contribution in [0.2, 0.25) is 0 Å². The van der Waals surface area contributed by atoms with Gasteiger partial charge < -0.3 is 19.9 Å². The molecule has 0 aromatic heterocycles. The zero-order valence-corrected chi connectivity index (χ0v) is 18.3. The van der Waals surface area contributed by atoms with Crippen molar-refractivity contribution in [2.45, 2.75) is 31.7 Å². The highest BCUT2D eigenvalue weighted by molar-refractivity contribution is 5.96. The number of ether oxygens (including phenoxy) is 3. The van der Waals surface area contributed by atoms with E-state index in [2.05, 4.69) is 4.90 Å². The van der Waals surface area contributed by atoms with Crippen LogP contribution in [0.3, 0.4) is 0 Å². The summed E-state index contributed by atoms with van der Waals surface area (Å²) in [6.07, 6.45) is -0.0251. The topological polar surface area (TPSA) is 118 Å². The third kappa shape index (κ3) is 6.01. The highest BCUT2D eigenvalue weighted by Crippen LogP contribution is 2.24. The van der Waals surface area contributed by atoms with Crippen LogP contribution in [0.5, 0.6) is 0 Å². The van der Waals surface area contributed by atoms with Crippen molar-refractivity contribution in [2.24, 2.45) is 5.73 Å². The number of benzene rings is 2. The van der Waals surface area contributed by atoms with Gasteiger partial charge in [0.05, 0.1) is 6.54 Å².